The molecule has 9 heteroatoms. The molecule has 0 saturated carbocycles. The van der Waals surface area contributed by atoms with Gasteiger partial charge < -0.3 is 18.8 Å². The fourth-order valence-corrected chi connectivity index (χ4v) is 5.99. The van der Waals surface area contributed by atoms with Crippen LogP contribution in [0.3, 0.4) is 0 Å². The smallest absolute Gasteiger partial charge is 0.314 e. The lowest BCUT2D eigenvalue weighted by Crippen LogP contribution is -2.55. The van der Waals surface area contributed by atoms with E-state index in [4.69, 9.17) is 25.8 Å². The molecule has 1 aliphatic heterocycles. The quantitative estimate of drug-likeness (QED) is 0.235. The molecule has 1 aliphatic rings. The number of ether oxygens (including phenoxy) is 3. The van der Waals surface area contributed by atoms with Gasteiger partial charge in [0.15, 0.2) is 5.79 Å². The summed E-state index contributed by atoms with van der Waals surface area (Å²) in [7, 11) is 0. The Labute approximate surface area is 233 Å². The van der Waals surface area contributed by atoms with Gasteiger partial charge in [0, 0.05) is 28.4 Å². The lowest BCUT2D eigenvalue weighted by molar-refractivity contribution is -0.176. The van der Waals surface area contributed by atoms with E-state index in [1.54, 1.807) is 6.07 Å². The largest absolute Gasteiger partial charge is 0.598 e. The van der Waals surface area contributed by atoms with Crippen LogP contribution in [0.4, 0.5) is 4.39 Å². The Bertz CT molecular complexity index is 1030. The molecule has 0 radical (unpaired) electrons. The van der Waals surface area contributed by atoms with Gasteiger partial charge in [-0.25, -0.2) is 4.39 Å². The minimum atomic E-state index is -1.46. The van der Waals surface area contributed by atoms with Crippen molar-refractivity contribution in [2.45, 2.75) is 83.5 Å². The van der Waals surface area contributed by atoms with Crippen molar-refractivity contribution in [3.8, 4) is 0 Å². The molecule has 0 amide bonds. The topological polar surface area (TPSA) is 79.9 Å². The first-order valence-electron chi connectivity index (χ1n) is 13.1. The van der Waals surface area contributed by atoms with Crippen LogP contribution in [0.1, 0.15) is 71.4 Å². The van der Waals surface area contributed by atoms with Gasteiger partial charge in [0.1, 0.15) is 17.2 Å². The fraction of sp³-hybridized carbons (Fsp3) is 0.552. The third-order valence-corrected chi connectivity index (χ3v) is 9.00. The molecular formula is C29H39ClFNO5S. The number of hydrogen-bond acceptors (Lipinski definition) is 6. The number of rotatable bonds is 12. The van der Waals surface area contributed by atoms with E-state index >= 15 is 0 Å². The van der Waals surface area contributed by atoms with E-state index in [9.17, 15) is 13.7 Å². The van der Waals surface area contributed by atoms with Gasteiger partial charge in [0.25, 0.3) is 0 Å². The van der Waals surface area contributed by atoms with E-state index in [1.807, 2.05) is 65.0 Å². The highest BCUT2D eigenvalue weighted by Crippen LogP contribution is 2.42. The SMILES string of the molecule is CCC(CC)(C(=O)OCc1ccccc1)[C@@H](CCC1(c2cc(F)cc(Cl)c2)OCCO1)N[S@+]([O-])C(C)(C)C. The molecule has 1 saturated heterocycles. The highest BCUT2D eigenvalue weighted by molar-refractivity contribution is 7.90. The molecule has 210 valence electrons. The van der Waals surface area contributed by atoms with E-state index in [2.05, 4.69) is 4.72 Å². The van der Waals surface area contributed by atoms with Crippen molar-refractivity contribution in [1.82, 2.24) is 4.72 Å². The molecule has 1 N–H and O–H groups in total. The maximum Gasteiger partial charge on any atom is 0.314 e. The second-order valence-corrected chi connectivity index (χ2v) is 13.1. The van der Waals surface area contributed by atoms with Crippen LogP contribution in [-0.2, 0) is 42.8 Å². The molecular weight excluding hydrogens is 529 g/mol. The molecule has 2 atom stereocenters. The lowest BCUT2D eigenvalue weighted by Gasteiger charge is -2.40. The second-order valence-electron chi connectivity index (χ2n) is 10.6. The molecule has 0 aliphatic carbocycles. The minimum absolute atomic E-state index is 0.147. The number of nitrogens with one attached hydrogen (secondary N) is 1. The Hall–Kier alpha value is -1.68. The molecule has 6 nitrogen and oxygen atoms in total. The van der Waals surface area contributed by atoms with Crippen LogP contribution in [0, 0.1) is 11.2 Å². The van der Waals surface area contributed by atoms with Gasteiger partial charge in [-0.2, -0.15) is 0 Å². The third-order valence-electron chi connectivity index (χ3n) is 7.17. The summed E-state index contributed by atoms with van der Waals surface area (Å²) in [4.78, 5) is 13.7. The summed E-state index contributed by atoms with van der Waals surface area (Å²) < 4.78 is 48.2. The predicted molar refractivity (Wildman–Crippen MR) is 148 cm³/mol. The summed E-state index contributed by atoms with van der Waals surface area (Å²) in [5.41, 5.74) is 0.398. The monoisotopic (exact) mass is 567 g/mol. The Balaban J connectivity index is 1.92. The lowest BCUT2D eigenvalue weighted by atomic mass is 9.73. The number of benzene rings is 2. The first kappa shape index (κ1) is 30.9. The zero-order valence-electron chi connectivity index (χ0n) is 22.9. The molecule has 0 aromatic heterocycles. The summed E-state index contributed by atoms with van der Waals surface area (Å²) in [6.45, 7) is 10.3. The predicted octanol–water partition coefficient (Wildman–Crippen LogP) is 6.43. The van der Waals surface area contributed by atoms with Gasteiger partial charge in [-0.3, -0.25) is 4.79 Å². The van der Waals surface area contributed by atoms with Gasteiger partial charge in [0.05, 0.1) is 24.7 Å². The van der Waals surface area contributed by atoms with Crippen molar-refractivity contribution >= 4 is 28.9 Å². The molecule has 0 unspecified atom stereocenters. The van der Waals surface area contributed by atoms with Crippen molar-refractivity contribution in [1.29, 1.82) is 0 Å². The van der Waals surface area contributed by atoms with Crippen LogP contribution < -0.4 is 4.72 Å². The van der Waals surface area contributed by atoms with Gasteiger partial charge in [-0.1, -0.05) is 55.8 Å². The fourth-order valence-electron chi connectivity index (χ4n) is 4.81. The average Bonchev–Trinajstić information content (AvgIpc) is 3.36. The highest BCUT2D eigenvalue weighted by Gasteiger charge is 2.49. The summed E-state index contributed by atoms with van der Waals surface area (Å²) in [5, 5.41) is 0.239. The highest BCUT2D eigenvalue weighted by atomic mass is 35.5. The van der Waals surface area contributed by atoms with Crippen LogP contribution in [0.5, 0.6) is 0 Å². The van der Waals surface area contributed by atoms with Crippen LogP contribution in [0.2, 0.25) is 5.02 Å². The van der Waals surface area contributed by atoms with Crippen molar-refractivity contribution < 1.29 is 27.9 Å². The molecule has 3 rings (SSSR count). The molecule has 2 aromatic rings. The Morgan fingerprint density at radius 1 is 1.16 bits per heavy atom. The molecule has 0 bridgehead atoms. The zero-order chi connectivity index (χ0) is 28.0. The Kier molecular flexibility index (Phi) is 10.6. The minimum Gasteiger partial charge on any atom is -0.598 e. The van der Waals surface area contributed by atoms with E-state index in [-0.39, 0.29) is 17.6 Å². The van der Waals surface area contributed by atoms with Gasteiger partial charge >= 0.3 is 5.97 Å². The standard InChI is InChI=1S/C29H39ClFNO5S/c1-6-28(7-2,26(33)35-20-21-11-9-8-10-12-21)25(32-38(34)27(3,4)5)13-14-29(36-15-16-37-29)22-17-23(30)19-24(31)18-22/h8-12,17-19,25,32H,6-7,13-16,20H2,1-5H3/t25-,38-/m1/s1. The zero-order valence-corrected chi connectivity index (χ0v) is 24.4. The molecule has 1 fully saturated rings. The third kappa shape index (κ3) is 7.29. The van der Waals surface area contributed by atoms with E-state index in [0.717, 1.165) is 5.56 Å². The summed E-state index contributed by atoms with van der Waals surface area (Å²) in [5.74, 6) is -2.07. The molecule has 38 heavy (non-hydrogen) atoms. The van der Waals surface area contributed by atoms with E-state index in [0.29, 0.717) is 44.5 Å². The van der Waals surface area contributed by atoms with E-state index in [1.165, 1.54) is 12.1 Å². The van der Waals surface area contributed by atoms with Gasteiger partial charge in [0.2, 0.25) is 0 Å². The second kappa shape index (κ2) is 13.1. The normalized spacial score (nSPS) is 17.3. The van der Waals surface area contributed by atoms with Gasteiger partial charge in [-0.15, -0.1) is 4.72 Å². The number of hydrogen-bond donors (Lipinski definition) is 1. The van der Waals surface area contributed by atoms with E-state index < -0.39 is 39.2 Å². The van der Waals surface area contributed by atoms with Crippen LogP contribution in [-0.4, -0.2) is 34.5 Å². The van der Waals surface area contributed by atoms with Gasteiger partial charge in [-0.05, 0) is 63.8 Å². The van der Waals surface area contributed by atoms with Crippen LogP contribution in [0.15, 0.2) is 48.5 Å². The van der Waals surface area contributed by atoms with Crippen molar-refractivity contribution in [3.63, 3.8) is 0 Å². The summed E-state index contributed by atoms with van der Waals surface area (Å²) in [6.07, 6.45) is 1.59. The number of esters is 1. The van der Waals surface area contributed by atoms with Crippen LogP contribution >= 0.6 is 11.6 Å². The van der Waals surface area contributed by atoms with Crippen molar-refractivity contribution in [2.75, 3.05) is 13.2 Å². The Morgan fingerprint density at radius 2 is 1.79 bits per heavy atom. The number of carbonyl (C=O) groups excluding carboxylic acids is 1. The Morgan fingerprint density at radius 3 is 2.34 bits per heavy atom. The molecule has 2 aromatic carbocycles. The van der Waals surface area contributed by atoms with Crippen molar-refractivity contribution in [3.05, 3.63) is 70.5 Å². The van der Waals surface area contributed by atoms with Crippen molar-refractivity contribution in [2.24, 2.45) is 5.41 Å². The maximum atomic E-state index is 14.3. The first-order chi connectivity index (χ1) is 18.0. The first-order valence-corrected chi connectivity index (χ1v) is 14.6. The van der Waals surface area contributed by atoms with Crippen LogP contribution in [0.25, 0.3) is 0 Å². The molecule has 0 spiro atoms. The number of halogens is 2. The maximum absolute atomic E-state index is 14.3. The summed E-state index contributed by atoms with van der Waals surface area (Å²) in [6, 6.07) is 13.2. The summed E-state index contributed by atoms with van der Waals surface area (Å²) >= 11 is 4.69. The number of carbonyl (C=O) groups is 1. The average molecular weight is 568 g/mol. The molecule has 1 heterocycles.